The van der Waals surface area contributed by atoms with Crippen molar-refractivity contribution in [3.05, 3.63) is 36.1 Å². The predicted octanol–water partition coefficient (Wildman–Crippen LogP) is 0.950. The fourth-order valence-corrected chi connectivity index (χ4v) is 2.37. The number of hydrogen-bond donors (Lipinski definition) is 2. The van der Waals surface area contributed by atoms with Crippen molar-refractivity contribution in [3.8, 4) is 11.5 Å². The highest BCUT2D eigenvalue weighted by Crippen LogP contribution is 2.32. The molecule has 1 aromatic carbocycles. The molecule has 0 atom stereocenters. The topological polar surface area (TPSA) is 121 Å². The Bertz CT molecular complexity index is 827. The second kappa shape index (κ2) is 5.35. The minimum atomic E-state index is -3.98. The van der Waals surface area contributed by atoms with E-state index in [2.05, 4.69) is 5.32 Å². The number of amides is 1. The highest BCUT2D eigenvalue weighted by atomic mass is 32.2. The van der Waals surface area contributed by atoms with Crippen LogP contribution in [0.2, 0.25) is 0 Å². The van der Waals surface area contributed by atoms with E-state index >= 15 is 0 Å². The summed E-state index contributed by atoms with van der Waals surface area (Å²) in [6, 6.07) is 7.26. The quantitative estimate of drug-likeness (QED) is 0.867. The van der Waals surface area contributed by atoms with E-state index in [9.17, 15) is 13.2 Å². The SMILES string of the molecule is NS(=O)(=O)c1ccc(C(=O)Nc2ccc3c(c2)OCCO3)o1. The molecule has 3 rings (SSSR count). The fraction of sp³-hybridized carbons (Fsp3) is 0.154. The Kier molecular flexibility index (Phi) is 3.51. The number of benzene rings is 1. The Morgan fingerprint density at radius 3 is 2.50 bits per heavy atom. The third-order valence-corrected chi connectivity index (χ3v) is 3.67. The summed E-state index contributed by atoms with van der Waals surface area (Å²) in [4.78, 5) is 12.0. The van der Waals surface area contributed by atoms with Crippen LogP contribution in [-0.2, 0) is 10.0 Å². The molecular weight excluding hydrogens is 312 g/mol. The molecular formula is C13H12N2O6S. The molecule has 0 saturated carbocycles. The molecule has 0 spiro atoms. The van der Waals surface area contributed by atoms with E-state index in [0.29, 0.717) is 30.4 Å². The van der Waals surface area contributed by atoms with Gasteiger partial charge in [-0.15, -0.1) is 0 Å². The molecule has 1 amide bonds. The van der Waals surface area contributed by atoms with Crippen LogP contribution >= 0.6 is 0 Å². The van der Waals surface area contributed by atoms with Gasteiger partial charge in [0, 0.05) is 11.8 Å². The average molecular weight is 324 g/mol. The van der Waals surface area contributed by atoms with Crippen molar-refractivity contribution in [2.75, 3.05) is 18.5 Å². The number of nitrogens with one attached hydrogen (secondary N) is 1. The molecule has 9 heteroatoms. The maximum absolute atomic E-state index is 12.0. The Hall–Kier alpha value is -2.52. The van der Waals surface area contributed by atoms with Crippen LogP contribution in [0.25, 0.3) is 0 Å². The van der Waals surface area contributed by atoms with Crippen LogP contribution in [0.1, 0.15) is 10.6 Å². The van der Waals surface area contributed by atoms with Crippen LogP contribution in [0.5, 0.6) is 11.5 Å². The average Bonchev–Trinajstić information content (AvgIpc) is 2.97. The number of anilines is 1. The van der Waals surface area contributed by atoms with Crippen LogP contribution in [0.3, 0.4) is 0 Å². The summed E-state index contributed by atoms with van der Waals surface area (Å²) < 4.78 is 37.9. The molecule has 8 nitrogen and oxygen atoms in total. The monoisotopic (exact) mass is 324 g/mol. The van der Waals surface area contributed by atoms with Crippen molar-refractivity contribution in [1.82, 2.24) is 0 Å². The number of sulfonamides is 1. The number of furan rings is 1. The van der Waals surface area contributed by atoms with Gasteiger partial charge in [0.15, 0.2) is 17.3 Å². The van der Waals surface area contributed by atoms with E-state index < -0.39 is 21.0 Å². The first-order valence-corrected chi connectivity index (χ1v) is 7.82. The van der Waals surface area contributed by atoms with Gasteiger partial charge in [0.25, 0.3) is 15.9 Å². The van der Waals surface area contributed by atoms with Crippen LogP contribution in [0, 0.1) is 0 Å². The number of rotatable bonds is 3. The molecule has 2 heterocycles. The summed E-state index contributed by atoms with van der Waals surface area (Å²) in [5.74, 6) is 0.345. The van der Waals surface area contributed by atoms with Gasteiger partial charge in [-0.2, -0.15) is 0 Å². The lowest BCUT2D eigenvalue weighted by Gasteiger charge is -2.18. The molecule has 0 aliphatic carbocycles. The number of carbonyl (C=O) groups is 1. The number of ether oxygens (including phenoxy) is 2. The van der Waals surface area contributed by atoms with Gasteiger partial charge in [0.05, 0.1) is 0 Å². The number of nitrogens with two attached hydrogens (primary N) is 1. The molecule has 22 heavy (non-hydrogen) atoms. The van der Waals surface area contributed by atoms with Gasteiger partial charge in [-0.3, -0.25) is 4.79 Å². The van der Waals surface area contributed by atoms with Gasteiger partial charge in [-0.25, -0.2) is 13.6 Å². The lowest BCUT2D eigenvalue weighted by Crippen LogP contribution is -2.16. The maximum Gasteiger partial charge on any atom is 0.291 e. The smallest absolute Gasteiger partial charge is 0.291 e. The van der Waals surface area contributed by atoms with E-state index in [1.165, 1.54) is 6.07 Å². The maximum atomic E-state index is 12.0. The molecule has 1 aromatic heterocycles. The first kappa shape index (κ1) is 14.4. The highest BCUT2D eigenvalue weighted by Gasteiger charge is 2.18. The first-order valence-electron chi connectivity index (χ1n) is 6.27. The van der Waals surface area contributed by atoms with Crippen molar-refractivity contribution in [2.24, 2.45) is 5.14 Å². The van der Waals surface area contributed by atoms with Gasteiger partial charge >= 0.3 is 0 Å². The van der Waals surface area contributed by atoms with Gasteiger partial charge in [0.1, 0.15) is 13.2 Å². The van der Waals surface area contributed by atoms with Crippen molar-refractivity contribution in [1.29, 1.82) is 0 Å². The zero-order chi connectivity index (χ0) is 15.7. The lowest BCUT2D eigenvalue weighted by molar-refractivity contribution is 0.0991. The Morgan fingerprint density at radius 1 is 1.09 bits per heavy atom. The fourth-order valence-electron chi connectivity index (χ4n) is 1.91. The zero-order valence-electron chi connectivity index (χ0n) is 11.2. The van der Waals surface area contributed by atoms with Gasteiger partial charge in [0.2, 0.25) is 5.09 Å². The molecule has 116 valence electrons. The normalized spacial score (nSPS) is 13.7. The standard InChI is InChI=1S/C13H12N2O6S/c14-22(17,18)12-4-3-10(21-12)13(16)15-8-1-2-9-11(7-8)20-6-5-19-9/h1-4,7H,5-6H2,(H,15,16)(H2,14,17,18). The highest BCUT2D eigenvalue weighted by molar-refractivity contribution is 7.89. The van der Waals surface area contributed by atoms with Crippen LogP contribution in [-0.4, -0.2) is 27.5 Å². The van der Waals surface area contributed by atoms with Crippen LogP contribution in [0.4, 0.5) is 5.69 Å². The largest absolute Gasteiger partial charge is 0.486 e. The molecule has 0 radical (unpaired) electrons. The Morgan fingerprint density at radius 2 is 1.82 bits per heavy atom. The van der Waals surface area contributed by atoms with E-state index in [0.717, 1.165) is 6.07 Å². The minimum absolute atomic E-state index is 0.168. The molecule has 0 fully saturated rings. The number of carbonyl (C=O) groups excluding carboxylic acids is 1. The van der Waals surface area contributed by atoms with Gasteiger partial charge in [-0.05, 0) is 24.3 Å². The first-order chi connectivity index (χ1) is 10.4. The number of primary sulfonamides is 1. The molecule has 1 aliphatic rings. The van der Waals surface area contributed by atoms with E-state index in [-0.39, 0.29) is 5.76 Å². The third-order valence-electron chi connectivity index (χ3n) is 2.89. The summed E-state index contributed by atoms with van der Waals surface area (Å²) in [7, 11) is -3.98. The summed E-state index contributed by atoms with van der Waals surface area (Å²) in [6.07, 6.45) is 0. The van der Waals surface area contributed by atoms with Crippen molar-refractivity contribution < 1.29 is 27.1 Å². The zero-order valence-corrected chi connectivity index (χ0v) is 12.1. The Balaban J connectivity index is 1.78. The lowest BCUT2D eigenvalue weighted by atomic mass is 10.2. The number of fused-ring (bicyclic) bond motifs is 1. The molecule has 1 aliphatic heterocycles. The number of hydrogen-bond acceptors (Lipinski definition) is 6. The second-order valence-electron chi connectivity index (χ2n) is 4.48. The van der Waals surface area contributed by atoms with Gasteiger partial charge < -0.3 is 19.2 Å². The van der Waals surface area contributed by atoms with Gasteiger partial charge in [-0.1, -0.05) is 0 Å². The van der Waals surface area contributed by atoms with E-state index in [1.807, 2.05) is 0 Å². The predicted molar refractivity (Wildman–Crippen MR) is 75.5 cm³/mol. The summed E-state index contributed by atoms with van der Waals surface area (Å²) in [5, 5.41) is 7.01. The van der Waals surface area contributed by atoms with Crippen LogP contribution in [0.15, 0.2) is 39.8 Å². The molecule has 0 saturated heterocycles. The van der Waals surface area contributed by atoms with Crippen LogP contribution < -0.4 is 19.9 Å². The van der Waals surface area contributed by atoms with Crippen molar-refractivity contribution in [2.45, 2.75) is 5.09 Å². The Labute approximate surface area is 125 Å². The third kappa shape index (κ3) is 2.90. The minimum Gasteiger partial charge on any atom is -0.486 e. The van der Waals surface area contributed by atoms with Crippen molar-refractivity contribution in [3.63, 3.8) is 0 Å². The van der Waals surface area contributed by atoms with E-state index in [4.69, 9.17) is 19.0 Å². The molecule has 2 aromatic rings. The molecule has 0 unspecified atom stereocenters. The second-order valence-corrected chi connectivity index (χ2v) is 5.97. The summed E-state index contributed by atoms with van der Waals surface area (Å²) in [6.45, 7) is 0.905. The summed E-state index contributed by atoms with van der Waals surface area (Å²) >= 11 is 0. The molecule has 3 N–H and O–H groups in total. The summed E-state index contributed by atoms with van der Waals surface area (Å²) in [5.41, 5.74) is 0.461. The van der Waals surface area contributed by atoms with Crippen molar-refractivity contribution >= 4 is 21.6 Å². The molecule has 0 bridgehead atoms. The van der Waals surface area contributed by atoms with E-state index in [1.54, 1.807) is 18.2 Å².